The topological polar surface area (TPSA) is 138 Å². The van der Waals surface area contributed by atoms with Gasteiger partial charge in [-0.05, 0) is 127 Å². The molecule has 9 rings (SSSR count). The molecule has 8 aromatic rings. The van der Waals surface area contributed by atoms with Crippen LogP contribution in [-0.4, -0.2) is 68.3 Å². The normalized spacial score (nSPS) is 13.8. The van der Waals surface area contributed by atoms with Crippen LogP contribution >= 0.6 is 54.5 Å². The van der Waals surface area contributed by atoms with Crippen LogP contribution in [0.15, 0.2) is 148 Å². The average Bonchev–Trinajstić information content (AvgIpc) is 4.01. The first-order chi connectivity index (χ1) is 32.7. The molecule has 1 amide bonds. The number of fused-ring (bicyclic) bond motifs is 2. The quantitative estimate of drug-likeness (QED) is 0.0895. The molecular weight excluding hydrogens is 1020 g/mol. The Morgan fingerprint density at radius 3 is 1.99 bits per heavy atom. The van der Waals surface area contributed by atoms with E-state index in [1.54, 1.807) is 56.1 Å². The summed E-state index contributed by atoms with van der Waals surface area (Å²) in [5.74, 6) is 2.70. The molecule has 0 bridgehead atoms. The Balaban J connectivity index is 0.000000182. The first-order valence-electron chi connectivity index (χ1n) is 21.0. The number of pyridine rings is 2. The van der Waals surface area contributed by atoms with Gasteiger partial charge in [0.15, 0.2) is 5.84 Å². The third-order valence-electron chi connectivity index (χ3n) is 10.7. The van der Waals surface area contributed by atoms with Gasteiger partial charge in [0.2, 0.25) is 11.8 Å². The lowest BCUT2D eigenvalue weighted by Crippen LogP contribution is -2.40. The lowest BCUT2D eigenvalue weighted by molar-refractivity contribution is 0.0218. The molecule has 0 saturated heterocycles. The van der Waals surface area contributed by atoms with Crippen molar-refractivity contribution in [3.8, 4) is 23.3 Å². The van der Waals surface area contributed by atoms with Gasteiger partial charge in [0.05, 0.1) is 50.0 Å². The summed E-state index contributed by atoms with van der Waals surface area (Å²) < 4.78 is 25.0. The zero-order valence-corrected chi connectivity index (χ0v) is 41.7. The van der Waals surface area contributed by atoms with Gasteiger partial charge >= 0.3 is 0 Å². The summed E-state index contributed by atoms with van der Waals surface area (Å²) in [7, 11) is 6.42. The molecule has 0 aliphatic carbocycles. The van der Waals surface area contributed by atoms with E-state index in [2.05, 4.69) is 123 Å². The minimum absolute atomic E-state index is 0.00607. The number of amides is 1. The predicted octanol–water partition coefficient (Wildman–Crippen LogP) is 11.3. The maximum Gasteiger partial charge on any atom is 0.293 e. The first-order valence-corrected chi connectivity index (χ1v) is 24.2. The number of hydrogen-bond acceptors (Lipinski definition) is 14. The molecule has 0 spiro atoms. The molecule has 0 fully saturated rings. The lowest BCUT2D eigenvalue weighted by atomic mass is 10.1. The Morgan fingerprint density at radius 2 is 1.34 bits per heavy atom. The number of hydroxylamine groups is 1. The first kappa shape index (κ1) is 47.4. The molecule has 1 aliphatic heterocycles. The maximum atomic E-state index is 12.5. The van der Waals surface area contributed by atoms with Gasteiger partial charge in [-0.2, -0.15) is 0 Å². The number of hydrogen-bond donors (Lipinski definition) is 2. The molecule has 13 nitrogen and oxygen atoms in total. The molecule has 17 heteroatoms. The molecule has 4 aromatic heterocycles. The second kappa shape index (κ2) is 22.6. The van der Waals surface area contributed by atoms with E-state index in [4.69, 9.17) is 28.6 Å². The molecule has 0 radical (unpaired) electrons. The monoisotopic (exact) mass is 1060 g/mol. The van der Waals surface area contributed by atoms with E-state index in [9.17, 15) is 4.79 Å². The predicted molar refractivity (Wildman–Crippen MR) is 270 cm³/mol. The fourth-order valence-electron chi connectivity index (χ4n) is 7.20. The van der Waals surface area contributed by atoms with E-state index in [1.165, 1.54) is 32.2 Å². The Kier molecular flexibility index (Phi) is 16.0. The number of halogens is 2. The molecule has 344 valence electrons. The summed E-state index contributed by atoms with van der Waals surface area (Å²) in [6.45, 7) is 1.97. The van der Waals surface area contributed by atoms with Crippen molar-refractivity contribution in [1.29, 1.82) is 0 Å². The van der Waals surface area contributed by atoms with Crippen molar-refractivity contribution in [3.05, 3.63) is 175 Å². The van der Waals surface area contributed by atoms with Gasteiger partial charge in [0, 0.05) is 32.2 Å². The summed E-state index contributed by atoms with van der Waals surface area (Å²) in [5.41, 5.74) is 5.63. The van der Waals surface area contributed by atoms with E-state index >= 15 is 0 Å². The summed E-state index contributed by atoms with van der Waals surface area (Å²) in [5, 5.41) is 10.4. The fraction of sp³-hybridized carbons (Fsp3) is 0.200. The Labute approximate surface area is 412 Å². The van der Waals surface area contributed by atoms with Gasteiger partial charge in [-0.1, -0.05) is 65.8 Å². The van der Waals surface area contributed by atoms with Crippen LogP contribution in [0.3, 0.4) is 0 Å². The van der Waals surface area contributed by atoms with Crippen LogP contribution in [0, 0.1) is 0 Å². The number of amidine groups is 1. The van der Waals surface area contributed by atoms with E-state index in [1.807, 2.05) is 60.7 Å². The highest BCUT2D eigenvalue weighted by atomic mass is 79.9. The third-order valence-corrected chi connectivity index (χ3v) is 14.4. The van der Waals surface area contributed by atoms with Crippen molar-refractivity contribution in [2.45, 2.75) is 25.2 Å². The molecule has 2 atom stereocenters. The minimum Gasteiger partial charge on any atom is -0.497 e. The summed E-state index contributed by atoms with van der Waals surface area (Å²) in [4.78, 5) is 37.3. The van der Waals surface area contributed by atoms with Crippen molar-refractivity contribution < 1.29 is 33.4 Å². The second-order valence-electron chi connectivity index (χ2n) is 15.0. The van der Waals surface area contributed by atoms with E-state index in [0.29, 0.717) is 47.5 Å². The Bertz CT molecular complexity index is 2900. The molecule has 4 aromatic carbocycles. The highest BCUT2D eigenvalue weighted by Crippen LogP contribution is 2.37. The van der Waals surface area contributed by atoms with Gasteiger partial charge in [0.1, 0.15) is 35.5 Å². The lowest BCUT2D eigenvalue weighted by Gasteiger charge is -2.35. The van der Waals surface area contributed by atoms with Crippen LogP contribution in [0.4, 0.5) is 0 Å². The van der Waals surface area contributed by atoms with E-state index in [0.717, 1.165) is 32.0 Å². The van der Waals surface area contributed by atoms with Crippen LogP contribution in [0.25, 0.3) is 20.2 Å². The largest absolute Gasteiger partial charge is 0.497 e. The van der Waals surface area contributed by atoms with Crippen LogP contribution < -0.4 is 29.7 Å². The van der Waals surface area contributed by atoms with Gasteiger partial charge in [-0.25, -0.2) is 15.4 Å². The summed E-state index contributed by atoms with van der Waals surface area (Å²) in [6, 6.07) is 44.0. The van der Waals surface area contributed by atoms with E-state index in [-0.39, 0.29) is 24.4 Å². The van der Waals surface area contributed by atoms with Crippen LogP contribution in [-0.2, 0) is 22.8 Å². The van der Waals surface area contributed by atoms with Crippen molar-refractivity contribution in [1.82, 2.24) is 25.7 Å². The fourth-order valence-corrected chi connectivity index (χ4v) is 10.2. The number of ether oxygens (including phenoxy) is 4. The summed E-state index contributed by atoms with van der Waals surface area (Å²) >= 11 is 10.3. The number of oxime groups is 1. The number of aromatic nitrogens is 2. The average molecular weight is 1070 g/mol. The van der Waals surface area contributed by atoms with Crippen molar-refractivity contribution in [2.75, 3.05) is 41.7 Å². The molecule has 0 saturated carbocycles. The molecular formula is C50H46Br2N6O7S2. The van der Waals surface area contributed by atoms with Crippen LogP contribution in [0.2, 0.25) is 0 Å². The number of thiophene rings is 2. The van der Waals surface area contributed by atoms with Crippen LogP contribution in [0.5, 0.6) is 23.3 Å². The highest BCUT2D eigenvalue weighted by molar-refractivity contribution is 9.10. The molecule has 2 N–H and O–H groups in total. The summed E-state index contributed by atoms with van der Waals surface area (Å²) in [6.07, 6.45) is 0. The Morgan fingerprint density at radius 1 is 0.731 bits per heavy atom. The molecule has 0 unspecified atom stereocenters. The smallest absolute Gasteiger partial charge is 0.293 e. The van der Waals surface area contributed by atoms with Gasteiger partial charge < -0.3 is 34.0 Å². The number of nitrogens with zero attached hydrogens (tertiary/aromatic N) is 4. The SMILES string of the molecule is COc1ccc(CN2C(c3ccc(Br)c(OC)n3)=NOC[C@@H]2c2cc3ccccc3s2)cc1.COc1ccc(CN[C@H](CONC(=O)c2ccc(Br)c(OC)n2)c2cc3ccccc3s2)cc1. The number of methoxy groups -OCH3 is 4. The molecule has 1 aliphatic rings. The van der Waals surface area contributed by atoms with E-state index < -0.39 is 5.91 Å². The number of carbonyl (C=O) groups is 1. The maximum absolute atomic E-state index is 12.5. The number of carbonyl (C=O) groups excluding carboxylic acids is 1. The number of rotatable bonds is 16. The van der Waals surface area contributed by atoms with Crippen molar-refractivity contribution in [3.63, 3.8) is 0 Å². The van der Waals surface area contributed by atoms with Crippen LogP contribution in [0.1, 0.15) is 49.1 Å². The van der Waals surface area contributed by atoms with Crippen molar-refractivity contribution in [2.24, 2.45) is 5.16 Å². The Hall–Kier alpha value is -6.08. The van der Waals surface area contributed by atoms with Gasteiger partial charge in [-0.15, -0.1) is 22.7 Å². The zero-order chi connectivity index (χ0) is 46.7. The van der Waals surface area contributed by atoms with Gasteiger partial charge in [-0.3, -0.25) is 9.63 Å². The molecule has 67 heavy (non-hydrogen) atoms. The second-order valence-corrected chi connectivity index (χ2v) is 18.9. The highest BCUT2D eigenvalue weighted by Gasteiger charge is 2.32. The zero-order valence-electron chi connectivity index (χ0n) is 36.9. The minimum atomic E-state index is -0.448. The number of nitrogens with one attached hydrogen (secondary N) is 2. The molecule has 5 heterocycles. The van der Waals surface area contributed by atoms with Gasteiger partial charge in [0.25, 0.3) is 5.91 Å². The third kappa shape index (κ3) is 11.7. The van der Waals surface area contributed by atoms with Crippen molar-refractivity contribution >= 4 is 86.4 Å². The number of benzene rings is 4. The standard InChI is InChI=1S/C25H24BrN3O4S.C25H22BrN3O3S/c1-31-18-9-7-16(8-10-18)14-27-21(23-13-17-5-3-4-6-22(17)34-23)15-33-29-24(30)20-12-11-19(26)25(28-20)32-2;1-30-18-9-7-16(8-10-18)14-29-21(23-13-17-5-3-4-6-22(17)33-23)15-32-28-24(29)20-12-11-19(26)25(27-20)31-2/h3-13,21,27H,14-15H2,1-2H3,(H,29,30);3-13,21H,14-15H2,1-2H3/t2*21-/m11/s1.